The van der Waals surface area contributed by atoms with Crippen LogP contribution >= 0.6 is 0 Å². The van der Waals surface area contributed by atoms with E-state index in [1.54, 1.807) is 0 Å². The lowest BCUT2D eigenvalue weighted by atomic mass is 10.1. The summed E-state index contributed by atoms with van der Waals surface area (Å²) in [6.07, 6.45) is 2.44. The number of rotatable bonds is 6. The highest BCUT2D eigenvalue weighted by molar-refractivity contribution is 6.06. The fourth-order valence-electron chi connectivity index (χ4n) is 2.25. The molecule has 1 aromatic carbocycles. The van der Waals surface area contributed by atoms with E-state index in [-0.39, 0.29) is 5.56 Å². The number of aromatic nitrogens is 1. The van der Waals surface area contributed by atoms with Gasteiger partial charge in [0.15, 0.2) is 0 Å². The van der Waals surface area contributed by atoms with Crippen molar-refractivity contribution >= 4 is 22.6 Å². The van der Waals surface area contributed by atoms with Gasteiger partial charge in [0.05, 0.1) is 5.56 Å². The van der Waals surface area contributed by atoms with Gasteiger partial charge in [0.25, 0.3) is 0 Å². The fourth-order valence-corrected chi connectivity index (χ4v) is 2.25. The van der Waals surface area contributed by atoms with E-state index >= 15 is 0 Å². The van der Waals surface area contributed by atoms with Gasteiger partial charge in [-0.25, -0.2) is 9.78 Å². The number of carboxylic acid groups (broad SMARTS) is 1. The molecule has 0 spiro atoms. The third-order valence-electron chi connectivity index (χ3n) is 3.29. The van der Waals surface area contributed by atoms with Gasteiger partial charge in [-0.1, -0.05) is 24.3 Å². The lowest BCUT2D eigenvalue weighted by Gasteiger charge is -2.20. The third kappa shape index (κ3) is 2.88. The normalized spacial score (nSPS) is 10.7. The SMILES string of the molecule is CNCCCN(C)c1ncc(C(=O)O)c2ccccc12. The first-order chi connectivity index (χ1) is 9.65. The Labute approximate surface area is 118 Å². The van der Waals surface area contributed by atoms with Crippen molar-refractivity contribution in [3.8, 4) is 0 Å². The summed E-state index contributed by atoms with van der Waals surface area (Å²) in [5, 5.41) is 13.9. The molecule has 0 radical (unpaired) electrons. The summed E-state index contributed by atoms with van der Waals surface area (Å²) in [6.45, 7) is 1.81. The number of aromatic carboxylic acids is 1. The predicted molar refractivity (Wildman–Crippen MR) is 80.5 cm³/mol. The fraction of sp³-hybridized carbons (Fsp3) is 0.333. The van der Waals surface area contributed by atoms with Crippen LogP contribution in [0.5, 0.6) is 0 Å². The molecule has 0 bridgehead atoms. The number of pyridine rings is 1. The number of carboxylic acids is 1. The number of nitrogens with one attached hydrogen (secondary N) is 1. The topological polar surface area (TPSA) is 65.5 Å². The molecular formula is C15H19N3O2. The number of hydrogen-bond acceptors (Lipinski definition) is 4. The smallest absolute Gasteiger partial charge is 0.337 e. The molecule has 0 saturated carbocycles. The zero-order valence-electron chi connectivity index (χ0n) is 11.8. The van der Waals surface area contributed by atoms with E-state index < -0.39 is 5.97 Å². The Morgan fingerprint density at radius 2 is 2.05 bits per heavy atom. The van der Waals surface area contributed by atoms with Gasteiger partial charge in [-0.2, -0.15) is 0 Å². The zero-order valence-corrected chi connectivity index (χ0v) is 11.8. The first-order valence-corrected chi connectivity index (χ1v) is 6.62. The number of hydrogen-bond donors (Lipinski definition) is 2. The summed E-state index contributed by atoms with van der Waals surface area (Å²) in [7, 11) is 3.90. The van der Waals surface area contributed by atoms with E-state index in [9.17, 15) is 9.90 Å². The van der Waals surface area contributed by atoms with Crippen LogP contribution in [0.2, 0.25) is 0 Å². The van der Waals surface area contributed by atoms with Crippen molar-refractivity contribution in [3.05, 3.63) is 36.0 Å². The lowest BCUT2D eigenvalue weighted by Crippen LogP contribution is -2.23. The van der Waals surface area contributed by atoms with Gasteiger partial charge >= 0.3 is 5.97 Å². The molecule has 5 heteroatoms. The van der Waals surface area contributed by atoms with Crippen molar-refractivity contribution in [3.63, 3.8) is 0 Å². The van der Waals surface area contributed by atoms with Crippen LogP contribution in [-0.2, 0) is 0 Å². The average molecular weight is 273 g/mol. The molecule has 0 fully saturated rings. The first-order valence-electron chi connectivity index (χ1n) is 6.62. The van der Waals surface area contributed by atoms with Crippen molar-refractivity contribution in [2.45, 2.75) is 6.42 Å². The van der Waals surface area contributed by atoms with E-state index in [0.29, 0.717) is 0 Å². The van der Waals surface area contributed by atoms with Gasteiger partial charge in [-0.05, 0) is 20.0 Å². The monoisotopic (exact) mass is 273 g/mol. The van der Waals surface area contributed by atoms with Crippen LogP contribution in [0.15, 0.2) is 30.5 Å². The summed E-state index contributed by atoms with van der Waals surface area (Å²) >= 11 is 0. The summed E-state index contributed by atoms with van der Waals surface area (Å²) in [4.78, 5) is 17.6. The second kappa shape index (κ2) is 6.34. The van der Waals surface area contributed by atoms with Crippen LogP contribution in [-0.4, -0.2) is 43.2 Å². The molecule has 2 rings (SSSR count). The maximum absolute atomic E-state index is 11.2. The van der Waals surface area contributed by atoms with E-state index in [1.807, 2.05) is 38.4 Å². The molecular weight excluding hydrogens is 254 g/mol. The Kier molecular flexibility index (Phi) is 4.53. The quantitative estimate of drug-likeness (QED) is 0.788. The molecule has 0 aliphatic carbocycles. The maximum Gasteiger partial charge on any atom is 0.337 e. The standard InChI is InChI=1S/C15H19N3O2/c1-16-8-5-9-18(2)14-12-7-4-3-6-11(12)13(10-17-14)15(19)20/h3-4,6-7,10,16H,5,8-9H2,1-2H3,(H,19,20). The van der Waals surface area contributed by atoms with Gasteiger partial charge in [0, 0.05) is 30.6 Å². The van der Waals surface area contributed by atoms with Crippen LogP contribution in [0.3, 0.4) is 0 Å². The molecule has 106 valence electrons. The number of anilines is 1. The van der Waals surface area contributed by atoms with Gasteiger partial charge in [-0.3, -0.25) is 0 Å². The maximum atomic E-state index is 11.2. The molecule has 5 nitrogen and oxygen atoms in total. The first kappa shape index (κ1) is 14.3. The van der Waals surface area contributed by atoms with E-state index in [2.05, 4.69) is 15.2 Å². The summed E-state index contributed by atoms with van der Waals surface area (Å²) in [5.41, 5.74) is 0.243. The van der Waals surface area contributed by atoms with E-state index in [0.717, 1.165) is 36.1 Å². The minimum Gasteiger partial charge on any atom is -0.478 e. The molecule has 0 aliphatic heterocycles. The second-order valence-electron chi connectivity index (χ2n) is 4.72. The van der Waals surface area contributed by atoms with Crippen molar-refractivity contribution in [1.29, 1.82) is 0 Å². The zero-order chi connectivity index (χ0) is 14.5. The van der Waals surface area contributed by atoms with Crippen LogP contribution < -0.4 is 10.2 Å². The molecule has 2 aromatic rings. The highest BCUT2D eigenvalue weighted by Crippen LogP contribution is 2.26. The molecule has 20 heavy (non-hydrogen) atoms. The highest BCUT2D eigenvalue weighted by atomic mass is 16.4. The number of benzene rings is 1. The Morgan fingerprint density at radius 1 is 1.35 bits per heavy atom. The van der Waals surface area contributed by atoms with Crippen LogP contribution in [0.25, 0.3) is 10.8 Å². The Morgan fingerprint density at radius 3 is 2.70 bits per heavy atom. The van der Waals surface area contributed by atoms with Crippen LogP contribution in [0.1, 0.15) is 16.8 Å². The summed E-state index contributed by atoms with van der Waals surface area (Å²) in [5.74, 6) is -0.125. The molecule has 0 atom stereocenters. The summed E-state index contributed by atoms with van der Waals surface area (Å²) < 4.78 is 0. The highest BCUT2D eigenvalue weighted by Gasteiger charge is 2.14. The van der Waals surface area contributed by atoms with E-state index in [4.69, 9.17) is 0 Å². The Hall–Kier alpha value is -2.14. The van der Waals surface area contributed by atoms with Gasteiger partial charge in [-0.15, -0.1) is 0 Å². The van der Waals surface area contributed by atoms with Crippen LogP contribution in [0.4, 0.5) is 5.82 Å². The molecule has 1 aromatic heterocycles. The van der Waals surface area contributed by atoms with Gasteiger partial charge in [0.1, 0.15) is 5.82 Å². The Balaban J connectivity index is 2.40. The Bertz CT molecular complexity index is 613. The van der Waals surface area contributed by atoms with Crippen molar-refractivity contribution < 1.29 is 9.90 Å². The number of nitrogens with zero attached hydrogens (tertiary/aromatic N) is 2. The number of fused-ring (bicyclic) bond motifs is 1. The minimum atomic E-state index is -0.946. The van der Waals surface area contributed by atoms with Gasteiger partial charge < -0.3 is 15.3 Å². The third-order valence-corrected chi connectivity index (χ3v) is 3.29. The summed E-state index contributed by atoms with van der Waals surface area (Å²) in [6, 6.07) is 7.49. The molecule has 2 N–H and O–H groups in total. The average Bonchev–Trinajstić information content (AvgIpc) is 2.46. The lowest BCUT2D eigenvalue weighted by molar-refractivity contribution is 0.0698. The molecule has 0 aliphatic rings. The van der Waals surface area contributed by atoms with Crippen molar-refractivity contribution in [2.24, 2.45) is 0 Å². The predicted octanol–water partition coefficient (Wildman–Crippen LogP) is 1.98. The van der Waals surface area contributed by atoms with E-state index in [1.165, 1.54) is 6.20 Å². The molecule has 0 saturated heterocycles. The molecule has 0 unspecified atom stereocenters. The molecule has 1 heterocycles. The molecule has 0 amide bonds. The van der Waals surface area contributed by atoms with Crippen molar-refractivity contribution in [1.82, 2.24) is 10.3 Å². The second-order valence-corrected chi connectivity index (χ2v) is 4.72. The van der Waals surface area contributed by atoms with Gasteiger partial charge in [0.2, 0.25) is 0 Å². The number of carbonyl (C=O) groups is 1. The minimum absolute atomic E-state index is 0.243. The van der Waals surface area contributed by atoms with Crippen molar-refractivity contribution in [2.75, 3.05) is 32.1 Å². The van der Waals surface area contributed by atoms with Crippen LogP contribution in [0, 0.1) is 0 Å². The largest absolute Gasteiger partial charge is 0.478 e.